The monoisotopic (exact) mass is 806 g/mol. The standard InChI is InChI=1S/C41H66N4O12/c1-7-52-36(46)22-14-19-33(39(49)55-10-4)43-25-27-44(34(40(50)56-11-5)20-15-23-37(47)53-8-2)29-31-17-13-18-32(42-31)30-45(28-26-43)35(41(51)57-12-6)21-16-24-38(48)54-9-3/h13,17-18,33-35H,7-12,14-16,19-30H2,1-6H3. The zero-order valence-corrected chi connectivity index (χ0v) is 35.0. The van der Waals surface area contributed by atoms with Gasteiger partial charge in [0.15, 0.2) is 0 Å². The topological polar surface area (TPSA) is 180 Å². The van der Waals surface area contributed by atoms with Crippen molar-refractivity contribution in [2.45, 2.75) is 131 Å². The highest BCUT2D eigenvalue weighted by Gasteiger charge is 2.34. The summed E-state index contributed by atoms with van der Waals surface area (Å²) >= 11 is 0. The van der Waals surface area contributed by atoms with Crippen LogP contribution in [0.2, 0.25) is 0 Å². The summed E-state index contributed by atoms with van der Waals surface area (Å²) in [4.78, 5) is 88.6. The summed E-state index contributed by atoms with van der Waals surface area (Å²) in [6, 6.07) is 3.38. The first-order chi connectivity index (χ1) is 27.5. The predicted octanol–water partition coefficient (Wildman–Crippen LogP) is 4.00. The third-order valence-corrected chi connectivity index (χ3v) is 9.43. The molecule has 0 radical (unpaired) electrons. The van der Waals surface area contributed by atoms with Gasteiger partial charge in [-0.3, -0.25) is 48.5 Å². The summed E-state index contributed by atoms with van der Waals surface area (Å²) < 4.78 is 32.1. The molecule has 16 heteroatoms. The minimum atomic E-state index is -0.767. The fourth-order valence-electron chi connectivity index (χ4n) is 6.83. The lowest BCUT2D eigenvalue weighted by Gasteiger charge is -2.38. The van der Waals surface area contributed by atoms with Crippen LogP contribution in [0.5, 0.6) is 0 Å². The first-order valence-corrected chi connectivity index (χ1v) is 20.6. The second kappa shape index (κ2) is 28.3. The van der Waals surface area contributed by atoms with E-state index in [4.69, 9.17) is 33.4 Å². The van der Waals surface area contributed by atoms with Gasteiger partial charge in [-0.15, -0.1) is 0 Å². The van der Waals surface area contributed by atoms with Crippen LogP contribution in [0.3, 0.4) is 0 Å². The third kappa shape index (κ3) is 18.3. The molecule has 0 amide bonds. The molecule has 1 aliphatic heterocycles. The average molecular weight is 807 g/mol. The smallest absolute Gasteiger partial charge is 0.323 e. The van der Waals surface area contributed by atoms with Crippen molar-refractivity contribution in [1.29, 1.82) is 0 Å². The van der Waals surface area contributed by atoms with Crippen LogP contribution in [0.25, 0.3) is 0 Å². The fraction of sp³-hybridized carbons (Fsp3) is 0.732. The first-order valence-electron chi connectivity index (χ1n) is 20.6. The highest BCUT2D eigenvalue weighted by molar-refractivity contribution is 5.77. The molecule has 1 aromatic heterocycles. The molecule has 1 aromatic rings. The van der Waals surface area contributed by atoms with Gasteiger partial charge in [0, 0.05) is 58.5 Å². The van der Waals surface area contributed by atoms with Crippen molar-refractivity contribution in [2.75, 3.05) is 65.8 Å². The largest absolute Gasteiger partial charge is 0.466 e. The highest BCUT2D eigenvalue weighted by Crippen LogP contribution is 2.21. The number of rotatable bonds is 24. The molecule has 3 unspecified atom stereocenters. The quantitative estimate of drug-likeness (QED) is 0.108. The molecule has 2 heterocycles. The Bertz CT molecular complexity index is 1320. The number of pyridine rings is 1. The Labute approximate surface area is 338 Å². The Morgan fingerprint density at radius 1 is 0.491 bits per heavy atom. The minimum Gasteiger partial charge on any atom is -0.466 e. The minimum absolute atomic E-state index is 0.118. The van der Waals surface area contributed by atoms with Crippen LogP contribution < -0.4 is 0 Å². The third-order valence-electron chi connectivity index (χ3n) is 9.43. The van der Waals surface area contributed by atoms with Crippen LogP contribution in [0.1, 0.15) is 111 Å². The van der Waals surface area contributed by atoms with Crippen LogP contribution in [0.4, 0.5) is 0 Å². The van der Waals surface area contributed by atoms with Crippen molar-refractivity contribution in [3.05, 3.63) is 29.6 Å². The van der Waals surface area contributed by atoms with E-state index < -0.39 is 36.0 Å². The maximum absolute atomic E-state index is 13.7. The molecule has 1 aliphatic rings. The number of nitrogens with zero attached hydrogens (tertiary/aromatic N) is 4. The molecule has 0 spiro atoms. The summed E-state index contributed by atoms with van der Waals surface area (Å²) in [6.07, 6.45) is 2.45. The van der Waals surface area contributed by atoms with E-state index in [1.54, 1.807) is 41.5 Å². The van der Waals surface area contributed by atoms with Gasteiger partial charge in [0.05, 0.1) is 51.0 Å². The van der Waals surface area contributed by atoms with Crippen molar-refractivity contribution in [3.8, 4) is 0 Å². The fourth-order valence-corrected chi connectivity index (χ4v) is 6.83. The normalized spacial score (nSPS) is 15.8. The molecule has 0 fully saturated rings. The lowest BCUT2D eigenvalue weighted by atomic mass is 10.0. The second-order valence-corrected chi connectivity index (χ2v) is 13.5. The molecule has 0 N–H and O–H groups in total. The number of hydrogen-bond donors (Lipinski definition) is 0. The van der Waals surface area contributed by atoms with Crippen LogP contribution in [-0.4, -0.2) is 139 Å². The molecule has 2 bridgehead atoms. The van der Waals surface area contributed by atoms with E-state index in [0.29, 0.717) is 63.0 Å². The van der Waals surface area contributed by atoms with Gasteiger partial charge < -0.3 is 28.4 Å². The van der Waals surface area contributed by atoms with E-state index >= 15 is 0 Å². The summed E-state index contributed by atoms with van der Waals surface area (Å²) in [5.74, 6) is -2.37. The van der Waals surface area contributed by atoms with Gasteiger partial charge in [-0.2, -0.15) is 0 Å². The molecule has 322 valence electrons. The maximum Gasteiger partial charge on any atom is 0.323 e. The Morgan fingerprint density at radius 3 is 1.11 bits per heavy atom. The Balaban J connectivity index is 2.65. The molecule has 0 aliphatic carbocycles. The van der Waals surface area contributed by atoms with Gasteiger partial charge in [0.2, 0.25) is 0 Å². The van der Waals surface area contributed by atoms with Crippen molar-refractivity contribution < 1.29 is 57.2 Å². The lowest BCUT2D eigenvalue weighted by molar-refractivity contribution is -0.153. The van der Waals surface area contributed by atoms with Crippen LogP contribution >= 0.6 is 0 Å². The predicted molar refractivity (Wildman–Crippen MR) is 209 cm³/mol. The summed E-state index contributed by atoms with van der Waals surface area (Å²) in [7, 11) is 0. The molecule has 3 atom stereocenters. The van der Waals surface area contributed by atoms with E-state index in [0.717, 1.165) is 0 Å². The zero-order chi connectivity index (χ0) is 42.0. The van der Waals surface area contributed by atoms with Gasteiger partial charge in [0.25, 0.3) is 0 Å². The van der Waals surface area contributed by atoms with E-state index in [9.17, 15) is 28.8 Å². The Kier molecular flexibility index (Phi) is 24.3. The average Bonchev–Trinajstić information content (AvgIpc) is 3.16. The van der Waals surface area contributed by atoms with Crippen molar-refractivity contribution in [2.24, 2.45) is 0 Å². The Hall–Kier alpha value is -4.15. The van der Waals surface area contributed by atoms with Crippen LogP contribution in [0.15, 0.2) is 18.2 Å². The summed E-state index contributed by atoms with van der Waals surface area (Å²) in [5.41, 5.74) is 1.34. The molecule has 16 nitrogen and oxygen atoms in total. The number of hydrogen-bond acceptors (Lipinski definition) is 16. The van der Waals surface area contributed by atoms with Gasteiger partial charge in [0.1, 0.15) is 18.1 Å². The number of carbonyl (C=O) groups is 6. The maximum atomic E-state index is 13.7. The van der Waals surface area contributed by atoms with Crippen LogP contribution in [-0.2, 0) is 70.3 Å². The number of ether oxygens (including phenoxy) is 6. The number of carbonyl (C=O) groups excluding carboxylic acids is 6. The number of esters is 6. The SMILES string of the molecule is CCOC(=O)CCCC(C(=O)OCC)N1CCN(C(CCCC(=O)OCC)C(=O)OCC)Cc2cccc(n2)CN(C(CCCC(=O)OCC)C(=O)OCC)CC1. The zero-order valence-electron chi connectivity index (χ0n) is 35.0. The van der Waals surface area contributed by atoms with Crippen molar-refractivity contribution in [3.63, 3.8) is 0 Å². The second-order valence-electron chi connectivity index (χ2n) is 13.5. The van der Waals surface area contributed by atoms with Gasteiger partial charge >= 0.3 is 35.8 Å². The Morgan fingerprint density at radius 2 is 0.789 bits per heavy atom. The van der Waals surface area contributed by atoms with Crippen molar-refractivity contribution in [1.82, 2.24) is 19.7 Å². The van der Waals surface area contributed by atoms with E-state index in [1.807, 2.05) is 32.9 Å². The van der Waals surface area contributed by atoms with E-state index in [2.05, 4.69) is 0 Å². The number of fused-ring (bicyclic) bond motifs is 2. The molecule has 57 heavy (non-hydrogen) atoms. The van der Waals surface area contributed by atoms with Gasteiger partial charge in [-0.25, -0.2) is 0 Å². The van der Waals surface area contributed by atoms with Gasteiger partial charge in [-0.05, 0) is 92.2 Å². The van der Waals surface area contributed by atoms with Crippen LogP contribution in [0, 0.1) is 0 Å². The number of aromatic nitrogens is 1. The molecule has 0 aromatic carbocycles. The molecule has 0 saturated carbocycles. The highest BCUT2D eigenvalue weighted by atomic mass is 16.6. The molecular weight excluding hydrogens is 740 g/mol. The first kappa shape index (κ1) is 49.0. The van der Waals surface area contributed by atoms with E-state index in [1.165, 1.54) is 0 Å². The van der Waals surface area contributed by atoms with Gasteiger partial charge in [-0.1, -0.05) is 6.07 Å². The molecule has 0 saturated heterocycles. The summed E-state index contributed by atoms with van der Waals surface area (Å²) in [5, 5.41) is 0. The summed E-state index contributed by atoms with van der Waals surface area (Å²) in [6.45, 7) is 13.4. The molecule has 2 rings (SSSR count). The molecular formula is C41H66N4O12. The van der Waals surface area contributed by atoms with Crippen molar-refractivity contribution >= 4 is 35.8 Å². The lowest BCUT2D eigenvalue weighted by Crippen LogP contribution is -2.52. The van der Waals surface area contributed by atoms with E-state index in [-0.39, 0.29) is 103 Å².